The first-order valence-electron chi connectivity index (χ1n) is 9.34. The van der Waals surface area contributed by atoms with Gasteiger partial charge in [-0.2, -0.15) is 0 Å². The summed E-state index contributed by atoms with van der Waals surface area (Å²) in [4.78, 5) is 26.7. The van der Waals surface area contributed by atoms with E-state index in [9.17, 15) is 9.59 Å². The van der Waals surface area contributed by atoms with Crippen molar-refractivity contribution < 1.29 is 14.3 Å². The number of hydrogen-bond donors (Lipinski definition) is 1. The first-order chi connectivity index (χ1) is 13.6. The summed E-state index contributed by atoms with van der Waals surface area (Å²) in [5.74, 6) is -0.428. The Balaban J connectivity index is 1.80. The Morgan fingerprint density at radius 2 is 1.75 bits per heavy atom. The number of benzene rings is 2. The van der Waals surface area contributed by atoms with E-state index in [0.717, 1.165) is 16.7 Å². The third-order valence-corrected chi connectivity index (χ3v) is 4.62. The molecule has 28 heavy (non-hydrogen) atoms. The van der Waals surface area contributed by atoms with E-state index in [0.29, 0.717) is 18.5 Å². The van der Waals surface area contributed by atoms with E-state index in [4.69, 9.17) is 4.74 Å². The lowest BCUT2D eigenvalue weighted by Crippen LogP contribution is -2.45. The van der Waals surface area contributed by atoms with Gasteiger partial charge in [0.1, 0.15) is 0 Å². The van der Waals surface area contributed by atoms with Gasteiger partial charge < -0.3 is 15.0 Å². The number of carbonyl (C=O) groups excluding carboxylic acids is 2. The molecule has 5 heteroatoms. The van der Waals surface area contributed by atoms with Gasteiger partial charge in [-0.3, -0.25) is 0 Å². The molecule has 3 rings (SSSR count). The molecule has 0 spiro atoms. The monoisotopic (exact) mass is 376 g/mol. The SMILES string of the molecule is C=C(CCN1C=C(C(=O)OCC)C(c2ccccc2)NC1=O)c1ccccc1. The summed E-state index contributed by atoms with van der Waals surface area (Å²) >= 11 is 0. The van der Waals surface area contributed by atoms with Crippen LogP contribution in [0.2, 0.25) is 0 Å². The summed E-state index contributed by atoms with van der Waals surface area (Å²) in [6.07, 6.45) is 2.20. The zero-order valence-electron chi connectivity index (χ0n) is 15.9. The highest BCUT2D eigenvalue weighted by atomic mass is 16.5. The van der Waals surface area contributed by atoms with Crippen molar-refractivity contribution in [2.75, 3.05) is 13.2 Å². The van der Waals surface area contributed by atoms with Crippen LogP contribution in [0.1, 0.15) is 30.5 Å². The molecule has 0 saturated heterocycles. The number of nitrogens with one attached hydrogen (secondary N) is 1. The van der Waals surface area contributed by atoms with Crippen LogP contribution >= 0.6 is 0 Å². The van der Waals surface area contributed by atoms with E-state index in [1.807, 2.05) is 60.7 Å². The number of urea groups is 1. The summed E-state index contributed by atoms with van der Waals surface area (Å²) < 4.78 is 5.21. The second-order valence-corrected chi connectivity index (χ2v) is 6.51. The largest absolute Gasteiger partial charge is 0.463 e. The lowest BCUT2D eigenvalue weighted by atomic mass is 9.97. The van der Waals surface area contributed by atoms with Crippen LogP contribution in [0.4, 0.5) is 4.79 Å². The average molecular weight is 376 g/mol. The Labute approximate surface area is 165 Å². The Morgan fingerprint density at radius 1 is 1.11 bits per heavy atom. The predicted octanol–water partition coefficient (Wildman–Crippen LogP) is 4.30. The molecular formula is C23H24N2O3. The van der Waals surface area contributed by atoms with E-state index < -0.39 is 12.0 Å². The summed E-state index contributed by atoms with van der Waals surface area (Å²) in [5, 5.41) is 2.92. The Bertz CT molecular complexity index is 875. The fourth-order valence-corrected chi connectivity index (χ4v) is 3.12. The second-order valence-electron chi connectivity index (χ2n) is 6.51. The van der Waals surface area contributed by atoms with Gasteiger partial charge in [-0.1, -0.05) is 67.2 Å². The number of amides is 2. The number of esters is 1. The van der Waals surface area contributed by atoms with Crippen molar-refractivity contribution in [3.8, 4) is 0 Å². The quantitative estimate of drug-likeness (QED) is 0.733. The van der Waals surface area contributed by atoms with Crippen LogP contribution in [-0.2, 0) is 9.53 Å². The van der Waals surface area contributed by atoms with Gasteiger partial charge >= 0.3 is 12.0 Å². The molecule has 1 aliphatic rings. The first-order valence-corrected chi connectivity index (χ1v) is 9.34. The molecule has 144 valence electrons. The third-order valence-electron chi connectivity index (χ3n) is 4.62. The number of rotatable bonds is 7. The maximum Gasteiger partial charge on any atom is 0.337 e. The van der Waals surface area contributed by atoms with Gasteiger partial charge in [-0.15, -0.1) is 0 Å². The minimum atomic E-state index is -0.527. The maximum absolute atomic E-state index is 12.6. The lowest BCUT2D eigenvalue weighted by Gasteiger charge is -2.31. The third kappa shape index (κ3) is 4.49. The summed E-state index contributed by atoms with van der Waals surface area (Å²) in [7, 11) is 0. The van der Waals surface area contributed by atoms with Gasteiger partial charge in [0.2, 0.25) is 0 Å². The van der Waals surface area contributed by atoms with Crippen molar-refractivity contribution in [1.29, 1.82) is 0 Å². The van der Waals surface area contributed by atoms with Gasteiger partial charge in [-0.25, -0.2) is 9.59 Å². The van der Waals surface area contributed by atoms with Gasteiger partial charge in [0.15, 0.2) is 0 Å². The molecule has 0 fully saturated rings. The molecule has 1 aliphatic heterocycles. The zero-order chi connectivity index (χ0) is 19.9. The average Bonchev–Trinajstić information content (AvgIpc) is 2.73. The maximum atomic E-state index is 12.6. The van der Waals surface area contributed by atoms with Crippen molar-refractivity contribution in [3.63, 3.8) is 0 Å². The van der Waals surface area contributed by atoms with Crippen molar-refractivity contribution in [2.45, 2.75) is 19.4 Å². The van der Waals surface area contributed by atoms with Crippen LogP contribution in [0.25, 0.3) is 5.57 Å². The van der Waals surface area contributed by atoms with Gasteiger partial charge in [0.05, 0.1) is 18.2 Å². The minimum absolute atomic E-state index is 0.247. The highest BCUT2D eigenvalue weighted by molar-refractivity contribution is 5.93. The van der Waals surface area contributed by atoms with Crippen molar-refractivity contribution in [3.05, 3.63) is 90.1 Å². The number of nitrogens with zero attached hydrogens (tertiary/aromatic N) is 1. The fraction of sp³-hybridized carbons (Fsp3) is 0.217. The molecule has 1 atom stereocenters. The highest BCUT2D eigenvalue weighted by Crippen LogP contribution is 2.27. The smallest absolute Gasteiger partial charge is 0.337 e. The molecule has 1 unspecified atom stereocenters. The molecule has 1 heterocycles. The van der Waals surface area contributed by atoms with Crippen molar-refractivity contribution >= 4 is 17.6 Å². The molecule has 2 amide bonds. The molecule has 0 bridgehead atoms. The molecule has 0 aliphatic carbocycles. The molecule has 0 radical (unpaired) electrons. The van der Waals surface area contributed by atoms with E-state index in [-0.39, 0.29) is 12.6 Å². The van der Waals surface area contributed by atoms with E-state index in [1.54, 1.807) is 13.1 Å². The first kappa shape index (κ1) is 19.4. The van der Waals surface area contributed by atoms with Crippen LogP contribution in [0.15, 0.2) is 79.0 Å². The summed E-state index contributed by atoms with van der Waals surface area (Å²) in [5.41, 5.74) is 3.22. The molecule has 0 saturated carbocycles. The van der Waals surface area contributed by atoms with Gasteiger partial charge in [-0.05, 0) is 30.0 Å². The van der Waals surface area contributed by atoms with Crippen LogP contribution in [0.5, 0.6) is 0 Å². The molecule has 2 aromatic carbocycles. The number of ether oxygens (including phenoxy) is 1. The summed E-state index contributed by atoms with van der Waals surface area (Å²) in [6, 6.07) is 18.5. The van der Waals surface area contributed by atoms with Gasteiger partial charge in [0, 0.05) is 12.7 Å². The standard InChI is InChI=1S/C23H24N2O3/c1-3-28-22(26)20-16-25(15-14-17(2)18-10-6-4-7-11-18)23(27)24-21(20)19-12-8-5-9-13-19/h4-13,16,21H,2-3,14-15H2,1H3,(H,24,27). The molecule has 0 aromatic heterocycles. The molecule has 5 nitrogen and oxygen atoms in total. The minimum Gasteiger partial charge on any atom is -0.463 e. The molecule has 1 N–H and O–H groups in total. The zero-order valence-corrected chi connectivity index (χ0v) is 15.9. The Kier molecular flexibility index (Phi) is 6.27. The Hall–Kier alpha value is -3.34. The second kappa shape index (κ2) is 9.04. The predicted molar refractivity (Wildman–Crippen MR) is 109 cm³/mol. The van der Waals surface area contributed by atoms with E-state index >= 15 is 0 Å². The molecular weight excluding hydrogens is 352 g/mol. The van der Waals surface area contributed by atoms with Crippen molar-refractivity contribution in [1.82, 2.24) is 10.2 Å². The lowest BCUT2D eigenvalue weighted by molar-refractivity contribution is -0.139. The number of carbonyl (C=O) groups is 2. The summed E-state index contributed by atoms with van der Waals surface area (Å²) in [6.45, 7) is 6.57. The van der Waals surface area contributed by atoms with Crippen LogP contribution in [0, 0.1) is 0 Å². The van der Waals surface area contributed by atoms with Crippen LogP contribution < -0.4 is 5.32 Å². The van der Waals surface area contributed by atoms with Gasteiger partial charge in [0.25, 0.3) is 0 Å². The molecule has 2 aromatic rings. The highest BCUT2D eigenvalue weighted by Gasteiger charge is 2.32. The van der Waals surface area contributed by atoms with Crippen molar-refractivity contribution in [2.24, 2.45) is 0 Å². The van der Waals surface area contributed by atoms with Crippen LogP contribution in [0.3, 0.4) is 0 Å². The van der Waals surface area contributed by atoms with E-state index in [2.05, 4.69) is 11.9 Å². The number of hydrogen-bond acceptors (Lipinski definition) is 3. The Morgan fingerprint density at radius 3 is 2.39 bits per heavy atom. The topological polar surface area (TPSA) is 58.6 Å². The normalized spacial score (nSPS) is 16.2. The fourth-order valence-electron chi connectivity index (χ4n) is 3.12. The van der Waals surface area contributed by atoms with Crippen LogP contribution in [-0.4, -0.2) is 30.1 Å². The van der Waals surface area contributed by atoms with E-state index in [1.165, 1.54) is 4.90 Å².